The quantitative estimate of drug-likeness (QED) is 0.592. The third kappa shape index (κ3) is 1.07. The summed E-state index contributed by atoms with van der Waals surface area (Å²) in [6.45, 7) is 6.93. The molecule has 82 valence electrons. The summed E-state index contributed by atoms with van der Waals surface area (Å²) in [4.78, 5) is 12.0. The fourth-order valence-corrected chi connectivity index (χ4v) is 4.52. The summed E-state index contributed by atoms with van der Waals surface area (Å²) in [7, 11) is 0. The van der Waals surface area contributed by atoms with Crippen LogP contribution in [0.25, 0.3) is 0 Å². The van der Waals surface area contributed by atoms with Crippen LogP contribution >= 0.6 is 0 Å². The molecule has 2 fully saturated rings. The highest BCUT2D eigenvalue weighted by molar-refractivity contribution is 5.98. The first-order valence-corrected chi connectivity index (χ1v) is 6.16. The summed E-state index contributed by atoms with van der Waals surface area (Å²) in [5.74, 6) is 2.41. The van der Waals surface area contributed by atoms with Gasteiger partial charge in [0.15, 0.2) is 5.78 Å². The molecule has 15 heavy (non-hydrogen) atoms. The number of allylic oxidation sites excluding steroid dienone is 2. The molecule has 3 rings (SSSR count). The summed E-state index contributed by atoms with van der Waals surface area (Å²) >= 11 is 0. The molecule has 0 aromatic rings. The fraction of sp³-hybridized carbons (Fsp3) is 0.786. The number of ketones is 1. The zero-order valence-electron chi connectivity index (χ0n) is 9.92. The Labute approximate surface area is 91.9 Å². The molecule has 0 aromatic carbocycles. The lowest BCUT2D eigenvalue weighted by Gasteiger charge is -2.31. The van der Waals surface area contributed by atoms with Crippen molar-refractivity contribution < 1.29 is 4.79 Å². The maximum absolute atomic E-state index is 12.0. The average Bonchev–Trinajstić information content (AvgIpc) is 2.65. The van der Waals surface area contributed by atoms with E-state index in [2.05, 4.69) is 26.8 Å². The Bertz CT molecular complexity index is 352. The molecule has 0 heterocycles. The average molecular weight is 204 g/mol. The first-order chi connectivity index (χ1) is 6.93. The standard InChI is InChI=1S/C14H20O/c1-13(2)7-9-6-10-4-5-12(15)14(10,3)11(9)8-13/h4-5,9-11H,6-8H2,1-3H3/t9-,10+,11+,14+/m0/s1. The highest BCUT2D eigenvalue weighted by atomic mass is 16.1. The Morgan fingerprint density at radius 3 is 2.73 bits per heavy atom. The lowest BCUT2D eigenvalue weighted by atomic mass is 9.71. The first kappa shape index (κ1) is 9.62. The van der Waals surface area contributed by atoms with Gasteiger partial charge in [-0.1, -0.05) is 26.8 Å². The third-order valence-electron chi connectivity index (χ3n) is 5.26. The van der Waals surface area contributed by atoms with Gasteiger partial charge in [-0.15, -0.1) is 0 Å². The number of carbonyl (C=O) groups excluding carboxylic acids is 1. The number of fused-ring (bicyclic) bond motifs is 3. The van der Waals surface area contributed by atoms with E-state index >= 15 is 0 Å². The van der Waals surface area contributed by atoms with Crippen LogP contribution in [0, 0.1) is 28.6 Å². The van der Waals surface area contributed by atoms with Crippen LogP contribution in [0.4, 0.5) is 0 Å². The van der Waals surface area contributed by atoms with Crippen molar-refractivity contribution in [3.63, 3.8) is 0 Å². The topological polar surface area (TPSA) is 17.1 Å². The molecular weight excluding hydrogens is 184 g/mol. The molecule has 0 bridgehead atoms. The fourth-order valence-electron chi connectivity index (χ4n) is 4.52. The number of carbonyl (C=O) groups is 1. The van der Waals surface area contributed by atoms with Crippen LogP contribution in [0.15, 0.2) is 12.2 Å². The van der Waals surface area contributed by atoms with E-state index in [1.807, 2.05) is 6.08 Å². The minimum Gasteiger partial charge on any atom is -0.294 e. The van der Waals surface area contributed by atoms with Crippen molar-refractivity contribution in [2.24, 2.45) is 28.6 Å². The Kier molecular flexibility index (Phi) is 1.64. The molecular formula is C14H20O. The van der Waals surface area contributed by atoms with Crippen molar-refractivity contribution in [2.45, 2.75) is 40.0 Å². The highest BCUT2D eigenvalue weighted by Gasteiger charge is 2.60. The van der Waals surface area contributed by atoms with Gasteiger partial charge in [-0.3, -0.25) is 4.79 Å². The Balaban J connectivity index is 1.97. The molecule has 0 radical (unpaired) electrons. The van der Waals surface area contributed by atoms with E-state index in [-0.39, 0.29) is 5.41 Å². The number of rotatable bonds is 0. The monoisotopic (exact) mass is 204 g/mol. The van der Waals surface area contributed by atoms with E-state index < -0.39 is 0 Å². The van der Waals surface area contributed by atoms with E-state index in [0.717, 1.165) is 5.92 Å². The maximum Gasteiger partial charge on any atom is 0.162 e. The minimum absolute atomic E-state index is 0.0293. The van der Waals surface area contributed by atoms with E-state index in [9.17, 15) is 4.79 Å². The second-order valence-electron chi connectivity index (χ2n) is 6.79. The van der Waals surface area contributed by atoms with Crippen LogP contribution in [-0.4, -0.2) is 5.78 Å². The van der Waals surface area contributed by atoms with Gasteiger partial charge in [0.25, 0.3) is 0 Å². The zero-order chi connectivity index (χ0) is 10.8. The molecule has 3 aliphatic carbocycles. The van der Waals surface area contributed by atoms with Crippen molar-refractivity contribution in [1.29, 1.82) is 0 Å². The first-order valence-electron chi connectivity index (χ1n) is 6.16. The van der Waals surface area contributed by atoms with E-state index in [1.165, 1.54) is 19.3 Å². The molecule has 4 atom stereocenters. The second kappa shape index (κ2) is 2.56. The molecule has 1 heteroatoms. The van der Waals surface area contributed by atoms with Gasteiger partial charge in [0, 0.05) is 5.41 Å². The predicted octanol–water partition coefficient (Wildman–Crippen LogP) is 3.20. The summed E-state index contributed by atoms with van der Waals surface area (Å²) in [5.41, 5.74) is 0.435. The molecule has 2 saturated carbocycles. The highest BCUT2D eigenvalue weighted by Crippen LogP contribution is 2.64. The van der Waals surface area contributed by atoms with Gasteiger partial charge in [-0.05, 0) is 48.5 Å². The van der Waals surface area contributed by atoms with Gasteiger partial charge in [0.2, 0.25) is 0 Å². The molecule has 3 aliphatic rings. The Hall–Kier alpha value is -0.590. The maximum atomic E-state index is 12.0. The van der Waals surface area contributed by atoms with Crippen molar-refractivity contribution >= 4 is 5.78 Å². The van der Waals surface area contributed by atoms with E-state index in [1.54, 1.807) is 0 Å². The predicted molar refractivity (Wildman–Crippen MR) is 60.4 cm³/mol. The zero-order valence-corrected chi connectivity index (χ0v) is 9.92. The van der Waals surface area contributed by atoms with E-state index in [0.29, 0.717) is 23.0 Å². The van der Waals surface area contributed by atoms with Crippen LogP contribution in [0.2, 0.25) is 0 Å². The number of hydrogen-bond donors (Lipinski definition) is 0. The van der Waals surface area contributed by atoms with Crippen molar-refractivity contribution in [3.8, 4) is 0 Å². The smallest absolute Gasteiger partial charge is 0.162 e. The van der Waals surface area contributed by atoms with Crippen LogP contribution < -0.4 is 0 Å². The lowest BCUT2D eigenvalue weighted by molar-refractivity contribution is -0.125. The number of hydrogen-bond acceptors (Lipinski definition) is 1. The largest absolute Gasteiger partial charge is 0.294 e. The molecule has 0 unspecified atom stereocenters. The molecule has 0 aromatic heterocycles. The SMILES string of the molecule is CC1(C)C[C@@H]2C[C@H]3C=CC(=O)[C@@]3(C)[C@@H]2C1. The normalized spacial score (nSPS) is 50.9. The molecule has 1 nitrogen and oxygen atoms in total. The second-order valence-corrected chi connectivity index (χ2v) is 6.79. The van der Waals surface area contributed by atoms with Crippen molar-refractivity contribution in [1.82, 2.24) is 0 Å². The summed E-state index contributed by atoms with van der Waals surface area (Å²) in [6.07, 6.45) is 7.84. The Morgan fingerprint density at radius 1 is 1.27 bits per heavy atom. The summed E-state index contributed by atoms with van der Waals surface area (Å²) < 4.78 is 0. The van der Waals surface area contributed by atoms with Gasteiger partial charge in [-0.25, -0.2) is 0 Å². The van der Waals surface area contributed by atoms with Crippen molar-refractivity contribution in [3.05, 3.63) is 12.2 Å². The van der Waals surface area contributed by atoms with Crippen LogP contribution in [0.5, 0.6) is 0 Å². The third-order valence-corrected chi connectivity index (χ3v) is 5.26. The van der Waals surface area contributed by atoms with E-state index in [4.69, 9.17) is 0 Å². The molecule has 0 saturated heterocycles. The molecule has 0 amide bonds. The van der Waals surface area contributed by atoms with Gasteiger partial charge < -0.3 is 0 Å². The van der Waals surface area contributed by atoms with Gasteiger partial charge in [-0.2, -0.15) is 0 Å². The summed E-state index contributed by atoms with van der Waals surface area (Å²) in [5, 5.41) is 0. The van der Waals surface area contributed by atoms with Crippen molar-refractivity contribution in [2.75, 3.05) is 0 Å². The lowest BCUT2D eigenvalue weighted by Crippen LogP contribution is -2.33. The Morgan fingerprint density at radius 2 is 2.00 bits per heavy atom. The summed E-state index contributed by atoms with van der Waals surface area (Å²) in [6, 6.07) is 0. The van der Waals surface area contributed by atoms with Gasteiger partial charge >= 0.3 is 0 Å². The van der Waals surface area contributed by atoms with Gasteiger partial charge in [0.05, 0.1) is 0 Å². The molecule has 0 spiro atoms. The minimum atomic E-state index is -0.0293. The van der Waals surface area contributed by atoms with Crippen LogP contribution in [0.3, 0.4) is 0 Å². The van der Waals surface area contributed by atoms with Crippen LogP contribution in [-0.2, 0) is 4.79 Å². The van der Waals surface area contributed by atoms with Gasteiger partial charge in [0.1, 0.15) is 0 Å². The van der Waals surface area contributed by atoms with Crippen LogP contribution in [0.1, 0.15) is 40.0 Å². The molecule has 0 N–H and O–H groups in total. The molecule has 0 aliphatic heterocycles.